The van der Waals surface area contributed by atoms with Gasteiger partial charge in [-0.15, -0.1) is 0 Å². The normalized spacial score (nSPS) is 20.8. The maximum absolute atomic E-state index is 4.54. The molecule has 0 aromatic carbocycles. The van der Waals surface area contributed by atoms with Crippen LogP contribution < -0.4 is 5.32 Å². The highest BCUT2D eigenvalue weighted by molar-refractivity contribution is 7.99. The SMILES string of the molecule is CCCn1cc(C)nc1NC1CCSC1. The van der Waals surface area contributed by atoms with Gasteiger partial charge in [-0.3, -0.25) is 0 Å². The van der Waals surface area contributed by atoms with Gasteiger partial charge in [0.25, 0.3) is 0 Å². The Morgan fingerprint density at radius 3 is 3.20 bits per heavy atom. The van der Waals surface area contributed by atoms with Crippen molar-refractivity contribution in [3.63, 3.8) is 0 Å². The van der Waals surface area contributed by atoms with Crippen molar-refractivity contribution >= 4 is 17.7 Å². The maximum Gasteiger partial charge on any atom is 0.203 e. The van der Waals surface area contributed by atoms with Crippen LogP contribution in [0.1, 0.15) is 25.5 Å². The van der Waals surface area contributed by atoms with E-state index in [9.17, 15) is 0 Å². The van der Waals surface area contributed by atoms with E-state index in [0.29, 0.717) is 6.04 Å². The number of rotatable bonds is 4. The fourth-order valence-electron chi connectivity index (χ4n) is 1.90. The molecule has 1 aliphatic heterocycles. The zero-order valence-corrected chi connectivity index (χ0v) is 10.3. The van der Waals surface area contributed by atoms with E-state index < -0.39 is 0 Å². The Hall–Kier alpha value is -0.640. The number of hydrogen-bond donors (Lipinski definition) is 1. The van der Waals surface area contributed by atoms with E-state index in [1.54, 1.807) is 0 Å². The summed E-state index contributed by atoms with van der Waals surface area (Å²) in [6.07, 6.45) is 4.56. The first-order valence-corrected chi connectivity index (χ1v) is 6.83. The van der Waals surface area contributed by atoms with Gasteiger partial charge in [0.1, 0.15) is 0 Å². The zero-order valence-electron chi connectivity index (χ0n) is 9.49. The Morgan fingerprint density at radius 1 is 1.67 bits per heavy atom. The average molecular weight is 225 g/mol. The first-order valence-electron chi connectivity index (χ1n) is 5.67. The summed E-state index contributed by atoms with van der Waals surface area (Å²) < 4.78 is 2.23. The molecule has 3 nitrogen and oxygen atoms in total. The highest BCUT2D eigenvalue weighted by Gasteiger charge is 2.17. The third-order valence-electron chi connectivity index (χ3n) is 2.62. The molecule has 0 radical (unpaired) electrons. The summed E-state index contributed by atoms with van der Waals surface area (Å²) in [5.41, 5.74) is 1.11. The molecule has 15 heavy (non-hydrogen) atoms. The smallest absolute Gasteiger partial charge is 0.203 e. The van der Waals surface area contributed by atoms with Crippen LogP contribution >= 0.6 is 11.8 Å². The first-order chi connectivity index (χ1) is 7.29. The van der Waals surface area contributed by atoms with Gasteiger partial charge < -0.3 is 9.88 Å². The Kier molecular flexibility index (Phi) is 3.57. The topological polar surface area (TPSA) is 29.9 Å². The standard InChI is InChI=1S/C11H19N3S/c1-3-5-14-7-9(2)12-11(14)13-10-4-6-15-8-10/h7,10H,3-6,8H2,1-2H3,(H,12,13). The van der Waals surface area contributed by atoms with E-state index in [0.717, 1.165) is 24.6 Å². The van der Waals surface area contributed by atoms with E-state index in [-0.39, 0.29) is 0 Å². The van der Waals surface area contributed by atoms with Gasteiger partial charge in [-0.1, -0.05) is 6.92 Å². The van der Waals surface area contributed by atoms with Crippen LogP contribution in [0, 0.1) is 6.92 Å². The molecule has 1 N–H and O–H groups in total. The van der Waals surface area contributed by atoms with Crippen molar-refractivity contribution in [1.29, 1.82) is 0 Å². The molecule has 0 saturated carbocycles. The summed E-state index contributed by atoms with van der Waals surface area (Å²) in [6, 6.07) is 0.618. The average Bonchev–Trinajstić information content (AvgIpc) is 2.78. The number of nitrogens with zero attached hydrogens (tertiary/aromatic N) is 2. The predicted octanol–water partition coefficient (Wildman–Crippen LogP) is 2.52. The molecule has 0 bridgehead atoms. The molecule has 4 heteroatoms. The molecular formula is C11H19N3S. The van der Waals surface area contributed by atoms with Crippen LogP contribution in [0.2, 0.25) is 0 Å². The van der Waals surface area contributed by atoms with Gasteiger partial charge in [-0.25, -0.2) is 4.98 Å². The molecule has 1 atom stereocenters. The van der Waals surface area contributed by atoms with Crippen LogP contribution in [0.15, 0.2) is 6.20 Å². The summed E-state index contributed by atoms with van der Waals surface area (Å²) in [7, 11) is 0. The summed E-state index contributed by atoms with van der Waals surface area (Å²) in [5.74, 6) is 3.56. The molecular weight excluding hydrogens is 206 g/mol. The highest BCUT2D eigenvalue weighted by atomic mass is 32.2. The minimum atomic E-state index is 0.618. The third kappa shape index (κ3) is 2.68. The van der Waals surface area contributed by atoms with Crippen molar-refractivity contribution in [2.24, 2.45) is 0 Å². The predicted molar refractivity (Wildman–Crippen MR) is 66.6 cm³/mol. The number of anilines is 1. The Balaban J connectivity index is 2.04. The van der Waals surface area contributed by atoms with Gasteiger partial charge >= 0.3 is 0 Å². The maximum atomic E-state index is 4.54. The number of hydrogen-bond acceptors (Lipinski definition) is 3. The zero-order chi connectivity index (χ0) is 10.7. The van der Waals surface area contributed by atoms with Gasteiger partial charge in [0.05, 0.1) is 5.69 Å². The fraction of sp³-hybridized carbons (Fsp3) is 0.727. The second-order valence-corrected chi connectivity index (χ2v) is 5.25. The number of nitrogens with one attached hydrogen (secondary N) is 1. The van der Waals surface area contributed by atoms with Gasteiger partial charge in [0.2, 0.25) is 5.95 Å². The summed E-state index contributed by atoms with van der Waals surface area (Å²) in [6.45, 7) is 5.31. The van der Waals surface area contributed by atoms with Gasteiger partial charge in [-0.2, -0.15) is 11.8 Å². The van der Waals surface area contributed by atoms with Crippen molar-refractivity contribution in [3.8, 4) is 0 Å². The van der Waals surface area contributed by atoms with Crippen LogP contribution in [-0.2, 0) is 6.54 Å². The van der Waals surface area contributed by atoms with Gasteiger partial charge in [-0.05, 0) is 25.5 Å². The Labute approximate surface area is 95.7 Å². The van der Waals surface area contributed by atoms with E-state index in [1.165, 1.54) is 17.9 Å². The lowest BCUT2D eigenvalue weighted by Crippen LogP contribution is -2.21. The minimum Gasteiger partial charge on any atom is -0.352 e. The quantitative estimate of drug-likeness (QED) is 0.854. The molecule has 1 aromatic heterocycles. The van der Waals surface area contributed by atoms with Crippen LogP contribution in [0.25, 0.3) is 0 Å². The second kappa shape index (κ2) is 4.92. The monoisotopic (exact) mass is 225 g/mol. The lowest BCUT2D eigenvalue weighted by Gasteiger charge is -2.13. The molecule has 1 saturated heterocycles. The number of aryl methyl sites for hydroxylation is 2. The molecule has 1 fully saturated rings. The van der Waals surface area contributed by atoms with Crippen molar-refractivity contribution < 1.29 is 0 Å². The van der Waals surface area contributed by atoms with Crippen molar-refractivity contribution in [2.75, 3.05) is 16.8 Å². The number of aromatic nitrogens is 2. The molecule has 1 unspecified atom stereocenters. The van der Waals surface area contributed by atoms with E-state index in [2.05, 4.69) is 34.9 Å². The van der Waals surface area contributed by atoms with E-state index in [1.807, 2.05) is 11.8 Å². The van der Waals surface area contributed by atoms with E-state index >= 15 is 0 Å². The van der Waals surface area contributed by atoms with Gasteiger partial charge in [0.15, 0.2) is 0 Å². The minimum absolute atomic E-state index is 0.618. The fourth-order valence-corrected chi connectivity index (χ4v) is 3.06. The second-order valence-electron chi connectivity index (χ2n) is 4.10. The lowest BCUT2D eigenvalue weighted by atomic mass is 10.3. The van der Waals surface area contributed by atoms with E-state index in [4.69, 9.17) is 0 Å². The first kappa shape index (κ1) is 10.9. The number of thioether (sulfide) groups is 1. The third-order valence-corrected chi connectivity index (χ3v) is 3.79. The molecule has 1 aromatic rings. The molecule has 2 heterocycles. The van der Waals surface area contributed by atoms with Crippen LogP contribution in [0.3, 0.4) is 0 Å². The van der Waals surface area contributed by atoms with Gasteiger partial charge in [0, 0.05) is 24.5 Å². The number of imidazole rings is 1. The molecule has 84 valence electrons. The van der Waals surface area contributed by atoms with Crippen molar-refractivity contribution in [3.05, 3.63) is 11.9 Å². The molecule has 1 aliphatic rings. The van der Waals surface area contributed by atoms with Crippen molar-refractivity contribution in [2.45, 2.75) is 39.3 Å². The molecule has 2 rings (SSSR count). The summed E-state index contributed by atoms with van der Waals surface area (Å²) in [5, 5.41) is 3.55. The molecule has 0 amide bonds. The van der Waals surface area contributed by atoms with Crippen LogP contribution in [0.5, 0.6) is 0 Å². The lowest BCUT2D eigenvalue weighted by molar-refractivity contribution is 0.671. The summed E-state index contributed by atoms with van der Waals surface area (Å²) >= 11 is 2.03. The molecule has 0 aliphatic carbocycles. The summed E-state index contributed by atoms with van der Waals surface area (Å²) in [4.78, 5) is 4.54. The van der Waals surface area contributed by atoms with Crippen LogP contribution in [0.4, 0.5) is 5.95 Å². The molecule has 0 spiro atoms. The highest BCUT2D eigenvalue weighted by Crippen LogP contribution is 2.21. The van der Waals surface area contributed by atoms with Crippen LogP contribution in [-0.4, -0.2) is 27.1 Å². The largest absolute Gasteiger partial charge is 0.352 e. The van der Waals surface area contributed by atoms with Crippen molar-refractivity contribution in [1.82, 2.24) is 9.55 Å². The Bertz CT molecular complexity index is 316. The Morgan fingerprint density at radius 2 is 2.53 bits per heavy atom.